The number of likely N-dealkylation sites (tertiary alicyclic amines) is 1. The van der Waals surface area contributed by atoms with Crippen LogP contribution < -0.4 is 0 Å². The lowest BCUT2D eigenvalue weighted by Crippen LogP contribution is -2.28. The van der Waals surface area contributed by atoms with E-state index < -0.39 is 0 Å². The van der Waals surface area contributed by atoms with Gasteiger partial charge in [-0.3, -0.25) is 0 Å². The van der Waals surface area contributed by atoms with Gasteiger partial charge in [0.15, 0.2) is 0 Å². The third-order valence-electron chi connectivity index (χ3n) is 5.69. The largest absolute Gasteiger partial charge is 0.460 e. The van der Waals surface area contributed by atoms with Gasteiger partial charge in [0.1, 0.15) is 11.3 Å². The van der Waals surface area contributed by atoms with E-state index in [9.17, 15) is 0 Å². The summed E-state index contributed by atoms with van der Waals surface area (Å²) in [4.78, 5) is 2.55. The number of halogens is 1. The number of nitrogens with zero attached hydrogens (tertiary/aromatic N) is 2. The SMILES string of the molecule is Cc1cc(-c2ccc3oc(CCN4CCC[C@H]4C)c(Br)c3c2)ccc1C#N. The average Bonchev–Trinajstić information content (AvgIpc) is 3.22. The Morgan fingerprint density at radius 1 is 1.22 bits per heavy atom. The molecule has 3 nitrogen and oxygen atoms in total. The van der Waals surface area contributed by atoms with Crippen LogP contribution in [0.3, 0.4) is 0 Å². The van der Waals surface area contributed by atoms with Crippen molar-refractivity contribution in [3.63, 3.8) is 0 Å². The summed E-state index contributed by atoms with van der Waals surface area (Å²) < 4.78 is 7.19. The Morgan fingerprint density at radius 2 is 2.00 bits per heavy atom. The molecule has 1 aromatic heterocycles. The van der Waals surface area contributed by atoms with Gasteiger partial charge in [0.05, 0.1) is 16.1 Å². The number of hydrogen-bond acceptors (Lipinski definition) is 3. The molecule has 1 fully saturated rings. The highest BCUT2D eigenvalue weighted by Crippen LogP contribution is 2.35. The number of furan rings is 1. The summed E-state index contributed by atoms with van der Waals surface area (Å²) in [5, 5.41) is 10.2. The Labute approximate surface area is 168 Å². The third-order valence-corrected chi connectivity index (χ3v) is 6.56. The molecule has 1 aliphatic heterocycles. The molecule has 0 N–H and O–H groups in total. The third kappa shape index (κ3) is 3.54. The zero-order valence-electron chi connectivity index (χ0n) is 15.8. The maximum Gasteiger partial charge on any atom is 0.135 e. The Morgan fingerprint density at radius 3 is 2.70 bits per heavy atom. The molecule has 0 radical (unpaired) electrons. The molecule has 2 heterocycles. The lowest BCUT2D eigenvalue weighted by Gasteiger charge is -2.20. The van der Waals surface area contributed by atoms with Crippen molar-refractivity contribution in [3.05, 3.63) is 57.8 Å². The molecule has 1 atom stereocenters. The quantitative estimate of drug-likeness (QED) is 0.512. The molecule has 138 valence electrons. The number of fused-ring (bicyclic) bond motifs is 1. The van der Waals surface area contributed by atoms with Crippen molar-refractivity contribution in [1.82, 2.24) is 4.90 Å². The molecule has 0 aliphatic carbocycles. The molecule has 3 aromatic rings. The van der Waals surface area contributed by atoms with Gasteiger partial charge in [-0.05, 0) is 84.1 Å². The molecule has 0 unspecified atom stereocenters. The van der Waals surface area contributed by atoms with Crippen molar-refractivity contribution < 1.29 is 4.42 Å². The van der Waals surface area contributed by atoms with Gasteiger partial charge in [-0.2, -0.15) is 5.26 Å². The molecule has 1 aliphatic rings. The van der Waals surface area contributed by atoms with Gasteiger partial charge in [-0.15, -0.1) is 0 Å². The summed E-state index contributed by atoms with van der Waals surface area (Å²) in [5.74, 6) is 1.03. The van der Waals surface area contributed by atoms with Crippen LogP contribution in [0.15, 0.2) is 45.3 Å². The fourth-order valence-electron chi connectivity index (χ4n) is 4.00. The Hall–Kier alpha value is -2.09. The number of nitriles is 1. The predicted octanol–water partition coefficient (Wildman–Crippen LogP) is 6.07. The molecule has 4 rings (SSSR count). The zero-order valence-corrected chi connectivity index (χ0v) is 17.3. The van der Waals surface area contributed by atoms with Crippen molar-refractivity contribution in [1.29, 1.82) is 5.26 Å². The molecule has 0 saturated carbocycles. The van der Waals surface area contributed by atoms with Crippen molar-refractivity contribution >= 4 is 26.9 Å². The van der Waals surface area contributed by atoms with Crippen molar-refractivity contribution in [3.8, 4) is 17.2 Å². The monoisotopic (exact) mass is 422 g/mol. The summed E-state index contributed by atoms with van der Waals surface area (Å²) in [6, 6.07) is 15.2. The molecule has 0 amide bonds. The van der Waals surface area contributed by atoms with Gasteiger partial charge in [0, 0.05) is 24.4 Å². The van der Waals surface area contributed by atoms with Gasteiger partial charge in [-0.1, -0.05) is 18.2 Å². The minimum Gasteiger partial charge on any atom is -0.460 e. The smallest absolute Gasteiger partial charge is 0.135 e. The van der Waals surface area contributed by atoms with Crippen LogP contribution in [0.5, 0.6) is 0 Å². The van der Waals surface area contributed by atoms with Crippen LogP contribution in [0.1, 0.15) is 36.7 Å². The molecule has 1 saturated heterocycles. The molecule has 4 heteroatoms. The normalized spacial score (nSPS) is 17.5. The van der Waals surface area contributed by atoms with E-state index in [0.717, 1.165) is 56.4 Å². The summed E-state index contributed by atoms with van der Waals surface area (Å²) in [6.07, 6.45) is 3.52. The molecular weight excluding hydrogens is 400 g/mol. The first-order valence-electron chi connectivity index (χ1n) is 9.53. The van der Waals surface area contributed by atoms with Crippen LogP contribution >= 0.6 is 15.9 Å². The van der Waals surface area contributed by atoms with Gasteiger partial charge in [-0.25, -0.2) is 0 Å². The van der Waals surface area contributed by atoms with Gasteiger partial charge >= 0.3 is 0 Å². The zero-order chi connectivity index (χ0) is 19.0. The second-order valence-corrected chi connectivity index (χ2v) is 8.26. The fourth-order valence-corrected chi connectivity index (χ4v) is 4.59. The average molecular weight is 423 g/mol. The first-order valence-corrected chi connectivity index (χ1v) is 10.3. The van der Waals surface area contributed by atoms with Crippen molar-refractivity contribution in [2.24, 2.45) is 0 Å². The first-order chi connectivity index (χ1) is 13.1. The lowest BCUT2D eigenvalue weighted by atomic mass is 9.99. The fraction of sp³-hybridized carbons (Fsp3) is 0.348. The van der Waals surface area contributed by atoms with E-state index in [0.29, 0.717) is 6.04 Å². The van der Waals surface area contributed by atoms with Crippen LogP contribution in [0.25, 0.3) is 22.1 Å². The second-order valence-electron chi connectivity index (χ2n) is 7.47. The minimum absolute atomic E-state index is 0.680. The highest BCUT2D eigenvalue weighted by molar-refractivity contribution is 9.10. The van der Waals surface area contributed by atoms with Crippen LogP contribution in [0.4, 0.5) is 0 Å². The van der Waals surface area contributed by atoms with E-state index in [1.807, 2.05) is 25.1 Å². The predicted molar refractivity (Wildman–Crippen MR) is 113 cm³/mol. The summed E-state index contributed by atoms with van der Waals surface area (Å²) in [6.45, 7) is 6.53. The number of aryl methyl sites for hydroxylation is 1. The number of hydrogen-bond donors (Lipinski definition) is 0. The van der Waals surface area contributed by atoms with Crippen molar-refractivity contribution in [2.45, 2.75) is 39.2 Å². The maximum atomic E-state index is 9.13. The summed E-state index contributed by atoms with van der Waals surface area (Å²) in [5.41, 5.74) is 4.90. The minimum atomic E-state index is 0.680. The molecule has 27 heavy (non-hydrogen) atoms. The van der Waals surface area contributed by atoms with Crippen LogP contribution in [-0.2, 0) is 6.42 Å². The Kier molecular flexibility index (Phi) is 5.08. The molecule has 0 spiro atoms. The van der Waals surface area contributed by atoms with E-state index in [2.05, 4.69) is 52.0 Å². The summed E-state index contributed by atoms with van der Waals surface area (Å²) >= 11 is 3.77. The van der Waals surface area contributed by atoms with E-state index in [4.69, 9.17) is 9.68 Å². The van der Waals surface area contributed by atoms with E-state index in [1.54, 1.807) is 0 Å². The Bertz CT molecular complexity index is 1030. The Balaban J connectivity index is 1.62. The van der Waals surface area contributed by atoms with Gasteiger partial charge in [0.2, 0.25) is 0 Å². The van der Waals surface area contributed by atoms with Gasteiger partial charge in [0.25, 0.3) is 0 Å². The number of rotatable bonds is 4. The lowest BCUT2D eigenvalue weighted by molar-refractivity contribution is 0.266. The standard InChI is InChI=1S/C23H23BrN2O/c1-15-12-17(5-6-19(15)14-25)18-7-8-21-20(13-18)23(24)22(27-21)9-11-26-10-3-4-16(26)2/h5-8,12-13,16H,3-4,9-11H2,1-2H3/t16-/m1/s1. The van der Waals surface area contributed by atoms with Gasteiger partial charge < -0.3 is 9.32 Å². The highest BCUT2D eigenvalue weighted by Gasteiger charge is 2.21. The first kappa shape index (κ1) is 18.3. The number of benzene rings is 2. The van der Waals surface area contributed by atoms with Crippen molar-refractivity contribution in [2.75, 3.05) is 13.1 Å². The molecule has 2 aromatic carbocycles. The van der Waals surface area contributed by atoms with E-state index >= 15 is 0 Å². The summed E-state index contributed by atoms with van der Waals surface area (Å²) in [7, 11) is 0. The molecular formula is C23H23BrN2O. The van der Waals surface area contributed by atoms with E-state index in [1.165, 1.54) is 19.4 Å². The maximum absolute atomic E-state index is 9.13. The second kappa shape index (κ2) is 7.50. The van der Waals surface area contributed by atoms with Crippen LogP contribution in [0.2, 0.25) is 0 Å². The highest BCUT2D eigenvalue weighted by atomic mass is 79.9. The topological polar surface area (TPSA) is 40.2 Å². The molecule has 0 bridgehead atoms. The van der Waals surface area contributed by atoms with E-state index in [-0.39, 0.29) is 0 Å². The van der Waals surface area contributed by atoms with Crippen LogP contribution in [0, 0.1) is 18.3 Å². The van der Waals surface area contributed by atoms with Crippen LogP contribution in [-0.4, -0.2) is 24.0 Å².